The molecule has 2 amide bonds. The molecule has 2 fully saturated rings. The van der Waals surface area contributed by atoms with Gasteiger partial charge in [-0.05, 0) is 60.6 Å². The number of hydrogen-bond donors (Lipinski definition) is 2. The average Bonchev–Trinajstić information content (AvgIpc) is 3.59. The van der Waals surface area contributed by atoms with Crippen LogP contribution in [0.2, 0.25) is 0 Å². The standard InChI is InChI=1S/C28H23F3N6O4/c29-28(30,31)13-41-16-2-3-19-18(8-16)15-7-20-23-22(25(38)35-27(19,20)9-15)24(26(39)34-12-17-5-6-40-17)37(36-23)21-4-1-14(10-32)11-33-21/h1-4,8,11,15,17,20H,5-7,9,12-13H2,(H,34,39)(H,35,38)/t15?,17?,20?,27-/m1/s1. The first-order valence-electron chi connectivity index (χ1n) is 13.2. The summed E-state index contributed by atoms with van der Waals surface area (Å²) in [5.74, 6) is -0.874. The molecule has 3 unspecified atom stereocenters. The highest BCUT2D eigenvalue weighted by Gasteiger charge is 2.61. The van der Waals surface area contributed by atoms with Crippen molar-refractivity contribution in [1.82, 2.24) is 25.4 Å². The van der Waals surface area contributed by atoms with Gasteiger partial charge in [0.05, 0.1) is 28.5 Å². The smallest absolute Gasteiger partial charge is 0.422 e. The highest BCUT2D eigenvalue weighted by Crippen LogP contribution is 2.64. The van der Waals surface area contributed by atoms with Gasteiger partial charge in [-0.1, -0.05) is 6.07 Å². The van der Waals surface area contributed by atoms with E-state index in [1.165, 1.54) is 16.9 Å². The SMILES string of the molecule is N#Cc1ccc(-n2nc3c(c2C(=O)NCC2CCO2)C(=O)N[C@@]24CC(CC32)c2cc(OCC(F)(F)F)ccc24)nc1. The first kappa shape index (κ1) is 25.5. The van der Waals surface area contributed by atoms with Crippen molar-refractivity contribution in [1.29, 1.82) is 5.26 Å². The molecule has 13 heteroatoms. The van der Waals surface area contributed by atoms with Gasteiger partial charge in [0.2, 0.25) is 0 Å². The maximum atomic E-state index is 13.8. The van der Waals surface area contributed by atoms with Crippen molar-refractivity contribution in [3.63, 3.8) is 0 Å². The Morgan fingerprint density at radius 3 is 2.83 bits per heavy atom. The minimum absolute atomic E-state index is 0.0399. The van der Waals surface area contributed by atoms with Gasteiger partial charge < -0.3 is 20.1 Å². The molecule has 41 heavy (non-hydrogen) atoms. The van der Waals surface area contributed by atoms with Crippen molar-refractivity contribution in [3.8, 4) is 17.6 Å². The van der Waals surface area contributed by atoms with E-state index < -0.39 is 30.1 Å². The Morgan fingerprint density at radius 2 is 2.15 bits per heavy atom. The minimum atomic E-state index is -4.45. The number of carbonyl (C=O) groups is 2. The van der Waals surface area contributed by atoms with Crippen molar-refractivity contribution in [3.05, 3.63) is 70.2 Å². The first-order chi connectivity index (χ1) is 19.7. The quantitative estimate of drug-likeness (QED) is 0.470. The lowest BCUT2D eigenvalue weighted by molar-refractivity contribution is -0.153. The Hall–Kier alpha value is -4.44. The fraction of sp³-hybridized carbons (Fsp3) is 0.393. The number of benzene rings is 1. The van der Waals surface area contributed by atoms with Gasteiger partial charge in [-0.2, -0.15) is 23.5 Å². The first-order valence-corrected chi connectivity index (χ1v) is 13.2. The van der Waals surface area contributed by atoms with E-state index in [1.807, 2.05) is 6.07 Å². The minimum Gasteiger partial charge on any atom is -0.484 e. The van der Waals surface area contributed by atoms with Crippen LogP contribution in [0.15, 0.2) is 36.5 Å². The van der Waals surface area contributed by atoms with E-state index in [0.717, 1.165) is 17.5 Å². The number of aromatic nitrogens is 3. The molecule has 7 rings (SSSR count). The summed E-state index contributed by atoms with van der Waals surface area (Å²) in [5.41, 5.74) is 1.86. The van der Waals surface area contributed by atoms with Gasteiger partial charge in [-0.3, -0.25) is 9.59 Å². The molecular formula is C28H23F3N6O4. The lowest BCUT2D eigenvalue weighted by atomic mass is 9.73. The fourth-order valence-electron chi connectivity index (χ4n) is 6.58. The monoisotopic (exact) mass is 564 g/mol. The van der Waals surface area contributed by atoms with Gasteiger partial charge in [0.15, 0.2) is 12.4 Å². The van der Waals surface area contributed by atoms with Crippen LogP contribution in [-0.2, 0) is 10.3 Å². The molecule has 4 aliphatic rings. The molecule has 2 aliphatic heterocycles. The molecular weight excluding hydrogens is 541 g/mol. The van der Waals surface area contributed by atoms with E-state index in [1.54, 1.807) is 24.3 Å². The van der Waals surface area contributed by atoms with Gasteiger partial charge in [-0.25, -0.2) is 9.67 Å². The third-order valence-electron chi connectivity index (χ3n) is 8.43. The van der Waals surface area contributed by atoms with E-state index in [-0.39, 0.29) is 47.3 Å². The van der Waals surface area contributed by atoms with Crippen LogP contribution in [0.4, 0.5) is 13.2 Å². The lowest BCUT2D eigenvalue weighted by Crippen LogP contribution is -2.51. The van der Waals surface area contributed by atoms with Gasteiger partial charge in [-0.15, -0.1) is 0 Å². The zero-order chi connectivity index (χ0) is 28.5. The number of fused-ring (bicyclic) bond motifs is 5. The summed E-state index contributed by atoms with van der Waals surface area (Å²) in [4.78, 5) is 31.6. The summed E-state index contributed by atoms with van der Waals surface area (Å²) in [6, 6.07) is 9.95. The largest absolute Gasteiger partial charge is 0.484 e. The molecule has 4 atom stereocenters. The molecule has 2 N–H and O–H groups in total. The second-order valence-electron chi connectivity index (χ2n) is 10.8. The molecule has 4 heterocycles. The molecule has 1 spiro atoms. The number of halogens is 3. The summed E-state index contributed by atoms with van der Waals surface area (Å²) in [5, 5.41) is 20.0. The van der Waals surface area contributed by atoms with Crippen LogP contribution in [0.5, 0.6) is 5.75 Å². The number of amides is 2. The Labute approximate surface area is 231 Å². The van der Waals surface area contributed by atoms with Crippen molar-refractivity contribution >= 4 is 11.8 Å². The molecule has 1 saturated carbocycles. The highest BCUT2D eigenvalue weighted by atomic mass is 19.4. The Balaban J connectivity index is 1.28. The third-order valence-corrected chi connectivity index (χ3v) is 8.43. The molecule has 2 bridgehead atoms. The van der Waals surface area contributed by atoms with Crippen LogP contribution >= 0.6 is 0 Å². The second kappa shape index (κ2) is 9.04. The Morgan fingerprint density at radius 1 is 1.32 bits per heavy atom. The summed E-state index contributed by atoms with van der Waals surface area (Å²) in [6.07, 6.45) is -1.21. The van der Waals surface area contributed by atoms with Crippen LogP contribution in [0.25, 0.3) is 5.82 Å². The van der Waals surface area contributed by atoms with Crippen molar-refractivity contribution in [2.75, 3.05) is 19.8 Å². The summed E-state index contributed by atoms with van der Waals surface area (Å²) in [7, 11) is 0. The van der Waals surface area contributed by atoms with Crippen LogP contribution in [-0.4, -0.2) is 58.6 Å². The zero-order valence-electron chi connectivity index (χ0n) is 21.5. The number of nitrogens with one attached hydrogen (secondary N) is 2. The molecule has 1 aromatic carbocycles. The maximum Gasteiger partial charge on any atom is 0.422 e. The summed E-state index contributed by atoms with van der Waals surface area (Å²) >= 11 is 0. The van der Waals surface area contributed by atoms with Crippen molar-refractivity contribution in [2.45, 2.75) is 48.9 Å². The Kier molecular flexibility index (Phi) is 5.62. The van der Waals surface area contributed by atoms with E-state index in [4.69, 9.17) is 14.6 Å². The van der Waals surface area contributed by atoms with Crippen LogP contribution < -0.4 is 15.4 Å². The van der Waals surface area contributed by atoms with Gasteiger partial charge in [0, 0.05) is 25.3 Å². The zero-order valence-corrected chi connectivity index (χ0v) is 21.5. The molecule has 2 aliphatic carbocycles. The lowest BCUT2D eigenvalue weighted by Gasteiger charge is -2.40. The number of nitrogens with zero attached hydrogens (tertiary/aromatic N) is 4. The van der Waals surface area contributed by atoms with E-state index in [9.17, 15) is 28.0 Å². The molecule has 3 aromatic rings. The predicted octanol–water partition coefficient (Wildman–Crippen LogP) is 3.21. The normalized spacial score (nSPS) is 25.3. The van der Waals surface area contributed by atoms with Gasteiger partial charge in [0.1, 0.15) is 17.5 Å². The van der Waals surface area contributed by atoms with Crippen molar-refractivity contribution < 1.29 is 32.2 Å². The number of carbonyl (C=O) groups excluding carboxylic acids is 2. The Bertz CT molecular complexity index is 1630. The number of hydrogen-bond acceptors (Lipinski definition) is 7. The van der Waals surface area contributed by atoms with Gasteiger partial charge in [0.25, 0.3) is 11.8 Å². The molecule has 210 valence electrons. The van der Waals surface area contributed by atoms with Crippen LogP contribution in [0.3, 0.4) is 0 Å². The number of alkyl halides is 3. The molecule has 10 nitrogen and oxygen atoms in total. The molecule has 0 radical (unpaired) electrons. The number of pyridine rings is 1. The second-order valence-corrected chi connectivity index (χ2v) is 10.8. The highest BCUT2D eigenvalue weighted by molar-refractivity contribution is 6.08. The molecule has 1 saturated heterocycles. The fourth-order valence-corrected chi connectivity index (χ4v) is 6.58. The maximum absolute atomic E-state index is 13.8. The third kappa shape index (κ3) is 4.04. The predicted molar refractivity (Wildman–Crippen MR) is 135 cm³/mol. The van der Waals surface area contributed by atoms with E-state index in [2.05, 4.69) is 15.6 Å². The van der Waals surface area contributed by atoms with Crippen LogP contribution in [0.1, 0.15) is 74.3 Å². The van der Waals surface area contributed by atoms with Crippen molar-refractivity contribution in [2.24, 2.45) is 0 Å². The van der Waals surface area contributed by atoms with Gasteiger partial charge >= 0.3 is 6.18 Å². The van der Waals surface area contributed by atoms with E-state index in [0.29, 0.717) is 30.7 Å². The number of rotatable bonds is 6. The van der Waals surface area contributed by atoms with Crippen LogP contribution in [0, 0.1) is 11.3 Å². The van der Waals surface area contributed by atoms with E-state index >= 15 is 0 Å². The number of nitriles is 1. The molecule has 2 aromatic heterocycles. The summed E-state index contributed by atoms with van der Waals surface area (Å²) in [6.45, 7) is -0.473. The topological polar surface area (TPSA) is 131 Å². The number of ether oxygens (including phenoxy) is 2. The summed E-state index contributed by atoms with van der Waals surface area (Å²) < 4.78 is 49.8. The average molecular weight is 565 g/mol.